The van der Waals surface area contributed by atoms with Gasteiger partial charge in [-0.2, -0.15) is 0 Å². The van der Waals surface area contributed by atoms with Crippen LogP contribution in [0.2, 0.25) is 0 Å². The topological polar surface area (TPSA) is 52.8 Å². The third-order valence-electron chi connectivity index (χ3n) is 4.18. The Kier molecular flexibility index (Phi) is 4.19. The van der Waals surface area contributed by atoms with Crippen molar-refractivity contribution in [3.8, 4) is 0 Å². The van der Waals surface area contributed by atoms with E-state index in [4.69, 9.17) is 4.98 Å². The monoisotopic (exact) mass is 308 g/mol. The van der Waals surface area contributed by atoms with E-state index in [-0.39, 0.29) is 6.10 Å². The standard InChI is InChI=1S/C15H24N4OS/c1-10(2)16-8-12-14(17-15-19(12)6-7-21-15)18-5-4-13(20)11(3)9-18/h6-7,10-11,13,16,20H,4-5,8-9H2,1-3H3. The summed E-state index contributed by atoms with van der Waals surface area (Å²) in [4.78, 5) is 8.19. The third kappa shape index (κ3) is 2.93. The maximum atomic E-state index is 9.93. The minimum absolute atomic E-state index is 0.178. The Hall–Kier alpha value is -1.11. The number of imidazole rings is 1. The van der Waals surface area contributed by atoms with E-state index in [1.54, 1.807) is 11.3 Å². The molecule has 0 amide bonds. The van der Waals surface area contributed by atoms with Gasteiger partial charge in [0.1, 0.15) is 0 Å². The van der Waals surface area contributed by atoms with Crippen molar-refractivity contribution in [3.05, 3.63) is 17.3 Å². The molecule has 2 unspecified atom stereocenters. The van der Waals surface area contributed by atoms with Gasteiger partial charge in [0.2, 0.25) is 0 Å². The molecule has 5 nitrogen and oxygen atoms in total. The number of hydrogen-bond donors (Lipinski definition) is 2. The number of aliphatic hydroxyl groups excluding tert-OH is 1. The van der Waals surface area contributed by atoms with Crippen LogP contribution in [0.5, 0.6) is 0 Å². The van der Waals surface area contributed by atoms with Crippen LogP contribution in [0.25, 0.3) is 4.96 Å². The largest absolute Gasteiger partial charge is 0.393 e. The van der Waals surface area contributed by atoms with Crippen LogP contribution in [0.4, 0.5) is 5.82 Å². The van der Waals surface area contributed by atoms with Crippen molar-refractivity contribution in [1.29, 1.82) is 0 Å². The molecule has 1 fully saturated rings. The normalized spacial score (nSPS) is 23.4. The average Bonchev–Trinajstić information content (AvgIpc) is 3.00. The van der Waals surface area contributed by atoms with Crippen molar-refractivity contribution in [2.75, 3.05) is 18.0 Å². The molecule has 3 rings (SSSR count). The number of piperidine rings is 1. The molecule has 3 heterocycles. The molecule has 0 saturated carbocycles. The zero-order valence-corrected chi connectivity index (χ0v) is 13.7. The molecule has 0 spiro atoms. The average molecular weight is 308 g/mol. The quantitative estimate of drug-likeness (QED) is 0.908. The maximum Gasteiger partial charge on any atom is 0.195 e. The molecule has 1 saturated heterocycles. The molecule has 2 atom stereocenters. The second-order valence-corrected chi connectivity index (χ2v) is 7.13. The Labute approximate surface area is 129 Å². The molecule has 21 heavy (non-hydrogen) atoms. The fourth-order valence-corrected chi connectivity index (χ4v) is 3.59. The number of aromatic nitrogens is 2. The molecule has 2 aromatic rings. The Bertz CT molecular complexity index is 606. The third-order valence-corrected chi connectivity index (χ3v) is 4.93. The molecule has 2 N–H and O–H groups in total. The van der Waals surface area contributed by atoms with Gasteiger partial charge in [-0.05, 0) is 12.3 Å². The summed E-state index contributed by atoms with van der Waals surface area (Å²) in [5.41, 5.74) is 1.23. The van der Waals surface area contributed by atoms with Gasteiger partial charge in [-0.15, -0.1) is 11.3 Å². The zero-order chi connectivity index (χ0) is 15.0. The van der Waals surface area contributed by atoms with Crippen LogP contribution in [0.3, 0.4) is 0 Å². The van der Waals surface area contributed by atoms with Crippen LogP contribution in [-0.4, -0.2) is 39.7 Å². The molecule has 6 heteroatoms. The van der Waals surface area contributed by atoms with Crippen LogP contribution in [0.1, 0.15) is 32.9 Å². The minimum atomic E-state index is -0.178. The number of fused-ring (bicyclic) bond motifs is 1. The van der Waals surface area contributed by atoms with Crippen LogP contribution in [-0.2, 0) is 6.54 Å². The van der Waals surface area contributed by atoms with Gasteiger partial charge in [0.15, 0.2) is 10.8 Å². The number of nitrogens with one attached hydrogen (secondary N) is 1. The molecule has 0 radical (unpaired) electrons. The molecule has 0 aliphatic carbocycles. The van der Waals surface area contributed by atoms with E-state index in [1.807, 2.05) is 0 Å². The van der Waals surface area contributed by atoms with Crippen LogP contribution >= 0.6 is 11.3 Å². The van der Waals surface area contributed by atoms with E-state index in [1.165, 1.54) is 5.69 Å². The van der Waals surface area contributed by atoms with E-state index in [2.05, 4.69) is 47.0 Å². The van der Waals surface area contributed by atoms with E-state index in [0.717, 1.165) is 36.8 Å². The highest BCUT2D eigenvalue weighted by Gasteiger charge is 2.28. The predicted octanol–water partition coefficient (Wildman–Crippen LogP) is 2.10. The smallest absolute Gasteiger partial charge is 0.195 e. The number of rotatable bonds is 4. The molecular weight excluding hydrogens is 284 g/mol. The lowest BCUT2D eigenvalue weighted by atomic mass is 9.97. The van der Waals surface area contributed by atoms with Crippen molar-refractivity contribution < 1.29 is 5.11 Å². The van der Waals surface area contributed by atoms with Crippen LogP contribution in [0, 0.1) is 5.92 Å². The van der Waals surface area contributed by atoms with E-state index in [9.17, 15) is 5.11 Å². The highest BCUT2D eigenvalue weighted by Crippen LogP contribution is 2.28. The molecule has 2 aromatic heterocycles. The van der Waals surface area contributed by atoms with Crippen molar-refractivity contribution >= 4 is 22.1 Å². The van der Waals surface area contributed by atoms with Gasteiger partial charge in [-0.1, -0.05) is 20.8 Å². The van der Waals surface area contributed by atoms with Gasteiger partial charge >= 0.3 is 0 Å². The molecule has 1 aliphatic rings. The Morgan fingerprint density at radius 3 is 3.05 bits per heavy atom. The zero-order valence-electron chi connectivity index (χ0n) is 12.9. The van der Waals surface area contributed by atoms with E-state index < -0.39 is 0 Å². The summed E-state index contributed by atoms with van der Waals surface area (Å²) in [5, 5.41) is 15.5. The summed E-state index contributed by atoms with van der Waals surface area (Å²) in [6, 6.07) is 0.448. The molecule has 0 bridgehead atoms. The van der Waals surface area contributed by atoms with Gasteiger partial charge in [-0.3, -0.25) is 4.40 Å². The molecule has 0 aromatic carbocycles. The molecular formula is C15H24N4OS. The Morgan fingerprint density at radius 1 is 1.52 bits per heavy atom. The van der Waals surface area contributed by atoms with Gasteiger partial charge < -0.3 is 15.3 Å². The summed E-state index contributed by atoms with van der Waals surface area (Å²) in [6.45, 7) is 9.00. The fourth-order valence-electron chi connectivity index (χ4n) is 2.87. The first-order valence-corrected chi connectivity index (χ1v) is 8.55. The predicted molar refractivity (Wildman–Crippen MR) is 87.0 cm³/mol. The van der Waals surface area contributed by atoms with Crippen molar-refractivity contribution in [3.63, 3.8) is 0 Å². The highest BCUT2D eigenvalue weighted by atomic mass is 32.1. The lowest BCUT2D eigenvalue weighted by Gasteiger charge is -2.35. The number of hydrogen-bond acceptors (Lipinski definition) is 5. The summed E-state index contributed by atoms with van der Waals surface area (Å²) in [7, 11) is 0. The summed E-state index contributed by atoms with van der Waals surface area (Å²) in [6.07, 6.45) is 2.74. The van der Waals surface area contributed by atoms with Crippen molar-refractivity contribution in [1.82, 2.24) is 14.7 Å². The lowest BCUT2D eigenvalue weighted by molar-refractivity contribution is 0.0968. The van der Waals surface area contributed by atoms with Crippen LogP contribution < -0.4 is 10.2 Å². The lowest BCUT2D eigenvalue weighted by Crippen LogP contribution is -2.42. The maximum absolute atomic E-state index is 9.93. The first-order valence-electron chi connectivity index (χ1n) is 7.67. The number of aliphatic hydroxyl groups is 1. The number of thiazole rings is 1. The SMILES string of the molecule is CC(C)NCc1c(N2CCC(O)C(C)C2)nc2sccn12. The first kappa shape index (κ1) is 14.8. The fraction of sp³-hybridized carbons (Fsp3) is 0.667. The second-order valence-electron chi connectivity index (χ2n) is 6.25. The van der Waals surface area contributed by atoms with Gasteiger partial charge in [0, 0.05) is 37.3 Å². The van der Waals surface area contributed by atoms with Crippen molar-refractivity contribution in [2.24, 2.45) is 5.92 Å². The summed E-state index contributed by atoms with van der Waals surface area (Å²) >= 11 is 1.67. The van der Waals surface area contributed by atoms with Gasteiger partial charge in [-0.25, -0.2) is 4.98 Å². The Morgan fingerprint density at radius 2 is 2.33 bits per heavy atom. The number of nitrogens with zero attached hydrogens (tertiary/aromatic N) is 3. The first-order chi connectivity index (χ1) is 10.1. The van der Waals surface area contributed by atoms with Gasteiger partial charge in [0.05, 0.1) is 11.8 Å². The minimum Gasteiger partial charge on any atom is -0.393 e. The van der Waals surface area contributed by atoms with Gasteiger partial charge in [0.25, 0.3) is 0 Å². The van der Waals surface area contributed by atoms with E-state index >= 15 is 0 Å². The molecule has 116 valence electrons. The second kappa shape index (κ2) is 5.94. The number of anilines is 1. The highest BCUT2D eigenvalue weighted by molar-refractivity contribution is 7.15. The van der Waals surface area contributed by atoms with Crippen LogP contribution in [0.15, 0.2) is 11.6 Å². The Balaban J connectivity index is 1.90. The van der Waals surface area contributed by atoms with Crippen molar-refractivity contribution in [2.45, 2.75) is 45.9 Å². The summed E-state index contributed by atoms with van der Waals surface area (Å²) < 4.78 is 2.19. The van der Waals surface area contributed by atoms with E-state index in [0.29, 0.717) is 12.0 Å². The summed E-state index contributed by atoms with van der Waals surface area (Å²) in [5.74, 6) is 1.37. The molecule has 1 aliphatic heterocycles.